The highest BCUT2D eigenvalue weighted by molar-refractivity contribution is 14.0. The van der Waals surface area contributed by atoms with E-state index in [9.17, 15) is 0 Å². The van der Waals surface area contributed by atoms with Crippen LogP contribution < -0.4 is 10.6 Å². The van der Waals surface area contributed by atoms with E-state index < -0.39 is 0 Å². The molecule has 0 unspecified atom stereocenters. The molecule has 2 N–H and O–H groups in total. The van der Waals surface area contributed by atoms with Crippen LogP contribution in [0.2, 0.25) is 0 Å². The highest BCUT2D eigenvalue weighted by atomic mass is 127. The predicted molar refractivity (Wildman–Crippen MR) is 120 cm³/mol. The molecule has 2 aromatic carbocycles. The van der Waals surface area contributed by atoms with E-state index in [-0.39, 0.29) is 24.0 Å². The molecular formula is C21H29IN4. The van der Waals surface area contributed by atoms with E-state index in [1.807, 2.05) is 7.05 Å². The minimum atomic E-state index is 0. The maximum Gasteiger partial charge on any atom is 0.191 e. The highest BCUT2D eigenvalue weighted by Gasteiger charge is 2.31. The van der Waals surface area contributed by atoms with Gasteiger partial charge < -0.3 is 15.5 Å². The summed E-state index contributed by atoms with van der Waals surface area (Å²) in [4.78, 5) is 7.08. The monoisotopic (exact) mass is 464 g/mol. The van der Waals surface area contributed by atoms with Gasteiger partial charge in [0, 0.05) is 38.8 Å². The molecule has 0 spiro atoms. The van der Waals surface area contributed by atoms with Crippen molar-refractivity contribution in [3.05, 3.63) is 48.0 Å². The number of hydrogen-bond acceptors (Lipinski definition) is 2. The first kappa shape index (κ1) is 19.4. The van der Waals surface area contributed by atoms with Gasteiger partial charge in [-0.2, -0.15) is 0 Å². The summed E-state index contributed by atoms with van der Waals surface area (Å²) in [6.07, 6.45) is 5.25. The zero-order valence-corrected chi connectivity index (χ0v) is 17.8. The van der Waals surface area contributed by atoms with E-state index in [2.05, 4.69) is 63.0 Å². The molecule has 4 nitrogen and oxygen atoms in total. The van der Waals surface area contributed by atoms with Crippen molar-refractivity contribution in [2.24, 2.45) is 4.99 Å². The van der Waals surface area contributed by atoms with Gasteiger partial charge in [0.25, 0.3) is 0 Å². The fourth-order valence-corrected chi connectivity index (χ4v) is 3.86. The van der Waals surface area contributed by atoms with Gasteiger partial charge in [-0.25, -0.2) is 0 Å². The summed E-state index contributed by atoms with van der Waals surface area (Å²) in [5.74, 6) is 0.915. The molecule has 0 radical (unpaired) electrons. The zero-order valence-electron chi connectivity index (χ0n) is 15.4. The van der Waals surface area contributed by atoms with Gasteiger partial charge in [0.1, 0.15) is 0 Å². The molecule has 1 heterocycles. The summed E-state index contributed by atoms with van der Waals surface area (Å²) >= 11 is 0. The summed E-state index contributed by atoms with van der Waals surface area (Å²) in [6.45, 7) is 3.24. The number of nitrogens with zero attached hydrogens (tertiary/aromatic N) is 2. The maximum absolute atomic E-state index is 4.42. The molecule has 1 aliphatic carbocycles. The number of hydrogen-bond donors (Lipinski definition) is 2. The lowest BCUT2D eigenvalue weighted by Crippen LogP contribution is -2.48. The standard InChI is InChI=1S/C21H28N4.HI/c1-22-21(24-18-11-13-25(14-12-18)19-9-10-19)23-15-17-7-4-6-16-5-2-3-8-20(16)17;/h2-8,18-19H,9-15H2,1H3,(H2,22,23,24);1H. The van der Waals surface area contributed by atoms with Crippen LogP contribution in [0.25, 0.3) is 10.8 Å². The van der Waals surface area contributed by atoms with Crippen LogP contribution in [-0.4, -0.2) is 43.1 Å². The molecule has 0 atom stereocenters. The smallest absolute Gasteiger partial charge is 0.191 e. The highest BCUT2D eigenvalue weighted by Crippen LogP contribution is 2.29. The normalized spacial score (nSPS) is 19.2. The second-order valence-electron chi connectivity index (χ2n) is 7.25. The fourth-order valence-electron chi connectivity index (χ4n) is 3.86. The average Bonchev–Trinajstić information content (AvgIpc) is 3.51. The number of likely N-dealkylation sites (tertiary alicyclic amines) is 1. The molecule has 4 rings (SSSR count). The van der Waals surface area contributed by atoms with Crippen molar-refractivity contribution in [2.75, 3.05) is 20.1 Å². The Morgan fingerprint density at radius 1 is 1.04 bits per heavy atom. The van der Waals surface area contributed by atoms with E-state index in [1.165, 1.54) is 55.1 Å². The number of nitrogens with one attached hydrogen (secondary N) is 2. The number of aliphatic imine (C=N–C) groups is 1. The van der Waals surface area contributed by atoms with E-state index in [0.29, 0.717) is 6.04 Å². The molecule has 0 bridgehead atoms. The Hall–Kier alpha value is -1.34. The molecular weight excluding hydrogens is 435 g/mol. The molecule has 0 aromatic heterocycles. The van der Waals surface area contributed by atoms with Crippen molar-refractivity contribution >= 4 is 40.7 Å². The molecule has 1 saturated carbocycles. The minimum absolute atomic E-state index is 0. The summed E-state index contributed by atoms with van der Waals surface area (Å²) in [5, 5.41) is 9.71. The Balaban J connectivity index is 0.00000196. The largest absolute Gasteiger partial charge is 0.354 e. The fraction of sp³-hybridized carbons (Fsp3) is 0.476. The van der Waals surface area contributed by atoms with E-state index in [4.69, 9.17) is 0 Å². The Bertz CT molecular complexity index is 743. The predicted octanol–water partition coefficient (Wildman–Crippen LogP) is 3.75. The van der Waals surface area contributed by atoms with Gasteiger partial charge in [-0.3, -0.25) is 4.99 Å². The molecule has 1 aliphatic heterocycles. The molecule has 140 valence electrons. The van der Waals surface area contributed by atoms with Gasteiger partial charge in [-0.1, -0.05) is 42.5 Å². The van der Waals surface area contributed by atoms with Crippen molar-refractivity contribution in [1.29, 1.82) is 0 Å². The van der Waals surface area contributed by atoms with E-state index >= 15 is 0 Å². The number of fused-ring (bicyclic) bond motifs is 1. The van der Waals surface area contributed by atoms with Crippen molar-refractivity contribution in [3.8, 4) is 0 Å². The first-order valence-corrected chi connectivity index (χ1v) is 9.51. The topological polar surface area (TPSA) is 39.7 Å². The van der Waals surface area contributed by atoms with Gasteiger partial charge >= 0.3 is 0 Å². The maximum atomic E-state index is 4.42. The third-order valence-electron chi connectivity index (χ3n) is 5.48. The van der Waals surface area contributed by atoms with Crippen LogP contribution >= 0.6 is 24.0 Å². The van der Waals surface area contributed by atoms with Gasteiger partial charge in [0.15, 0.2) is 5.96 Å². The molecule has 5 heteroatoms. The average molecular weight is 464 g/mol. The second-order valence-corrected chi connectivity index (χ2v) is 7.25. The van der Waals surface area contributed by atoms with Crippen molar-refractivity contribution < 1.29 is 0 Å². The molecule has 2 aromatic rings. The van der Waals surface area contributed by atoms with Crippen LogP contribution in [0.4, 0.5) is 0 Å². The SMILES string of the molecule is CN=C(NCc1cccc2ccccc12)NC1CCN(C2CC2)CC1.I. The third-order valence-corrected chi connectivity index (χ3v) is 5.48. The second kappa shape index (κ2) is 9.04. The zero-order chi connectivity index (χ0) is 17.1. The first-order valence-electron chi connectivity index (χ1n) is 9.51. The summed E-state index contributed by atoms with van der Waals surface area (Å²) in [7, 11) is 1.86. The van der Waals surface area contributed by atoms with Crippen LogP contribution in [0, 0.1) is 0 Å². The van der Waals surface area contributed by atoms with Crippen LogP contribution in [0.15, 0.2) is 47.5 Å². The molecule has 2 fully saturated rings. The van der Waals surface area contributed by atoms with E-state index in [0.717, 1.165) is 18.5 Å². The number of piperidine rings is 1. The first-order chi connectivity index (χ1) is 12.3. The lowest BCUT2D eigenvalue weighted by molar-refractivity contribution is 0.197. The lowest BCUT2D eigenvalue weighted by atomic mass is 10.0. The lowest BCUT2D eigenvalue weighted by Gasteiger charge is -2.33. The molecule has 26 heavy (non-hydrogen) atoms. The Morgan fingerprint density at radius 3 is 2.50 bits per heavy atom. The summed E-state index contributed by atoms with van der Waals surface area (Å²) < 4.78 is 0. The molecule has 0 amide bonds. The summed E-state index contributed by atoms with van der Waals surface area (Å²) in [5.41, 5.74) is 1.31. The number of benzene rings is 2. The quantitative estimate of drug-likeness (QED) is 0.412. The van der Waals surface area contributed by atoms with Gasteiger partial charge in [-0.15, -0.1) is 24.0 Å². The van der Waals surface area contributed by atoms with Crippen molar-refractivity contribution in [1.82, 2.24) is 15.5 Å². The number of guanidine groups is 1. The number of rotatable bonds is 4. The van der Waals surface area contributed by atoms with E-state index in [1.54, 1.807) is 0 Å². The summed E-state index contributed by atoms with van der Waals surface area (Å²) in [6, 6.07) is 16.5. The minimum Gasteiger partial charge on any atom is -0.354 e. The molecule has 2 aliphatic rings. The Kier molecular flexibility index (Phi) is 6.75. The van der Waals surface area contributed by atoms with Gasteiger partial charge in [0.2, 0.25) is 0 Å². The third kappa shape index (κ3) is 4.68. The van der Waals surface area contributed by atoms with Crippen molar-refractivity contribution in [3.63, 3.8) is 0 Å². The van der Waals surface area contributed by atoms with Crippen LogP contribution in [0.5, 0.6) is 0 Å². The Labute approximate surface area is 173 Å². The Morgan fingerprint density at radius 2 is 1.77 bits per heavy atom. The van der Waals surface area contributed by atoms with Crippen molar-refractivity contribution in [2.45, 2.75) is 44.3 Å². The molecule has 1 saturated heterocycles. The van der Waals surface area contributed by atoms with Gasteiger partial charge in [-0.05, 0) is 42.0 Å². The van der Waals surface area contributed by atoms with Crippen LogP contribution in [0.1, 0.15) is 31.2 Å². The van der Waals surface area contributed by atoms with Crippen LogP contribution in [0.3, 0.4) is 0 Å². The number of halogens is 1. The van der Waals surface area contributed by atoms with Gasteiger partial charge in [0.05, 0.1) is 0 Å². The van der Waals surface area contributed by atoms with Crippen LogP contribution in [-0.2, 0) is 6.54 Å².